The highest BCUT2D eigenvalue weighted by atomic mass is 16.5. The lowest BCUT2D eigenvalue weighted by atomic mass is 10.0. The summed E-state index contributed by atoms with van der Waals surface area (Å²) in [7, 11) is 3.48. The van der Waals surface area contributed by atoms with E-state index in [2.05, 4.69) is 4.90 Å². The van der Waals surface area contributed by atoms with Crippen LogP contribution in [0.4, 0.5) is 0 Å². The van der Waals surface area contributed by atoms with Crippen LogP contribution in [0.25, 0.3) is 0 Å². The van der Waals surface area contributed by atoms with E-state index in [1.165, 1.54) is 0 Å². The highest BCUT2D eigenvalue weighted by Gasteiger charge is 2.35. The van der Waals surface area contributed by atoms with Crippen LogP contribution >= 0.6 is 0 Å². The van der Waals surface area contributed by atoms with Crippen LogP contribution in [-0.2, 0) is 14.2 Å². The first-order valence-electron chi connectivity index (χ1n) is 5.86. The predicted octanol–water partition coefficient (Wildman–Crippen LogP) is -0.694. The molecule has 0 spiro atoms. The normalized spacial score (nSPS) is 40.7. The second kappa shape index (κ2) is 5.42. The quantitative estimate of drug-likeness (QED) is 0.692. The first kappa shape index (κ1) is 12.3. The lowest BCUT2D eigenvalue weighted by Gasteiger charge is -2.21. The molecule has 0 aromatic carbocycles. The Balaban J connectivity index is 1.83. The molecule has 2 saturated heterocycles. The van der Waals surface area contributed by atoms with Crippen LogP contribution in [0.15, 0.2) is 0 Å². The largest absolute Gasteiger partial charge is 0.379 e. The maximum atomic E-state index is 5.98. The third-order valence-corrected chi connectivity index (χ3v) is 3.64. The zero-order valence-corrected chi connectivity index (χ0v) is 10.1. The number of methoxy groups -OCH3 is 2. The lowest BCUT2D eigenvalue weighted by molar-refractivity contribution is -0.00461. The molecule has 2 N–H and O–H groups in total. The maximum absolute atomic E-state index is 5.98. The van der Waals surface area contributed by atoms with Gasteiger partial charge in [-0.1, -0.05) is 0 Å². The first-order chi connectivity index (χ1) is 7.74. The average molecular weight is 230 g/mol. The fourth-order valence-electron chi connectivity index (χ4n) is 2.56. The minimum absolute atomic E-state index is 0.183. The highest BCUT2D eigenvalue weighted by Crippen LogP contribution is 2.20. The summed E-state index contributed by atoms with van der Waals surface area (Å²) in [5.74, 6) is 0.452. The molecule has 5 nitrogen and oxygen atoms in total. The van der Waals surface area contributed by atoms with E-state index in [0.717, 1.165) is 26.2 Å². The second-order valence-corrected chi connectivity index (χ2v) is 4.73. The molecule has 5 heteroatoms. The summed E-state index contributed by atoms with van der Waals surface area (Å²) in [4.78, 5) is 2.36. The Kier molecular flexibility index (Phi) is 4.16. The van der Waals surface area contributed by atoms with Crippen LogP contribution in [0.5, 0.6) is 0 Å². The van der Waals surface area contributed by atoms with Gasteiger partial charge in [0.05, 0.1) is 25.4 Å². The Hall–Kier alpha value is -0.200. The zero-order valence-electron chi connectivity index (χ0n) is 10.1. The van der Waals surface area contributed by atoms with E-state index in [9.17, 15) is 0 Å². The van der Waals surface area contributed by atoms with Gasteiger partial charge in [-0.25, -0.2) is 0 Å². The van der Waals surface area contributed by atoms with Gasteiger partial charge in [0.1, 0.15) is 0 Å². The summed E-state index contributed by atoms with van der Waals surface area (Å²) in [6.07, 6.45) is 0.368. The summed E-state index contributed by atoms with van der Waals surface area (Å²) >= 11 is 0. The number of nitrogens with two attached hydrogens (primary N) is 1. The van der Waals surface area contributed by atoms with Gasteiger partial charge in [0, 0.05) is 45.8 Å². The standard InChI is InChI=1S/C11H22N2O3/c1-14-10-4-13(5-11(10)15-2)3-8-6-16-7-9(8)12/h8-11H,3-7,12H2,1-2H3. The molecule has 0 aromatic rings. The Bertz CT molecular complexity index is 215. The third-order valence-electron chi connectivity index (χ3n) is 3.64. The SMILES string of the molecule is COC1CN(CC2COCC2N)CC1OC. The Labute approximate surface area is 96.8 Å². The molecule has 0 aromatic heterocycles. The van der Waals surface area contributed by atoms with Crippen LogP contribution in [0, 0.1) is 5.92 Å². The van der Waals surface area contributed by atoms with Gasteiger partial charge in [-0.05, 0) is 0 Å². The van der Waals surface area contributed by atoms with Gasteiger partial charge in [0.15, 0.2) is 0 Å². The zero-order chi connectivity index (χ0) is 11.5. The van der Waals surface area contributed by atoms with E-state index in [1.54, 1.807) is 14.2 Å². The Morgan fingerprint density at radius 3 is 2.25 bits per heavy atom. The van der Waals surface area contributed by atoms with Crippen LogP contribution in [0.3, 0.4) is 0 Å². The van der Waals surface area contributed by atoms with Crippen molar-refractivity contribution >= 4 is 0 Å². The van der Waals surface area contributed by atoms with Crippen LogP contribution in [-0.4, -0.2) is 70.2 Å². The van der Waals surface area contributed by atoms with Gasteiger partial charge in [-0.2, -0.15) is 0 Å². The maximum Gasteiger partial charge on any atom is 0.0971 e. The minimum atomic E-state index is 0.183. The molecular weight excluding hydrogens is 208 g/mol. The molecule has 4 unspecified atom stereocenters. The van der Waals surface area contributed by atoms with Crippen molar-refractivity contribution in [2.24, 2.45) is 11.7 Å². The molecule has 16 heavy (non-hydrogen) atoms. The van der Waals surface area contributed by atoms with Crippen molar-refractivity contribution in [3.63, 3.8) is 0 Å². The van der Waals surface area contributed by atoms with Crippen molar-refractivity contribution in [1.29, 1.82) is 0 Å². The van der Waals surface area contributed by atoms with Gasteiger partial charge in [-0.15, -0.1) is 0 Å². The average Bonchev–Trinajstić information content (AvgIpc) is 2.86. The van der Waals surface area contributed by atoms with Crippen molar-refractivity contribution in [3.05, 3.63) is 0 Å². The van der Waals surface area contributed by atoms with Crippen molar-refractivity contribution in [2.45, 2.75) is 18.2 Å². The van der Waals surface area contributed by atoms with Crippen LogP contribution in [0.2, 0.25) is 0 Å². The second-order valence-electron chi connectivity index (χ2n) is 4.73. The fraction of sp³-hybridized carbons (Fsp3) is 1.00. The van der Waals surface area contributed by atoms with Gasteiger partial charge >= 0.3 is 0 Å². The lowest BCUT2D eigenvalue weighted by Crippen LogP contribution is -2.38. The summed E-state index contributed by atoms with van der Waals surface area (Å²) in [5.41, 5.74) is 5.98. The molecule has 0 saturated carbocycles. The molecule has 2 aliphatic heterocycles. The number of hydrogen-bond donors (Lipinski definition) is 1. The van der Waals surface area contributed by atoms with Crippen molar-refractivity contribution in [3.8, 4) is 0 Å². The number of ether oxygens (including phenoxy) is 3. The molecule has 94 valence electrons. The van der Waals surface area contributed by atoms with Gasteiger partial charge in [0.25, 0.3) is 0 Å². The Morgan fingerprint density at radius 1 is 1.19 bits per heavy atom. The molecule has 2 fully saturated rings. The predicted molar refractivity (Wildman–Crippen MR) is 60.3 cm³/mol. The van der Waals surface area contributed by atoms with E-state index in [-0.39, 0.29) is 18.2 Å². The Morgan fingerprint density at radius 2 is 1.81 bits per heavy atom. The molecule has 2 rings (SSSR count). The van der Waals surface area contributed by atoms with Crippen molar-refractivity contribution < 1.29 is 14.2 Å². The summed E-state index contributed by atoms with van der Waals surface area (Å²) in [6.45, 7) is 4.32. The van der Waals surface area contributed by atoms with Crippen molar-refractivity contribution in [1.82, 2.24) is 4.90 Å². The van der Waals surface area contributed by atoms with Crippen LogP contribution < -0.4 is 5.73 Å². The molecule has 0 aliphatic carbocycles. The molecule has 2 heterocycles. The molecule has 2 aliphatic rings. The molecule has 0 radical (unpaired) electrons. The minimum Gasteiger partial charge on any atom is -0.379 e. The van der Waals surface area contributed by atoms with E-state index in [0.29, 0.717) is 12.5 Å². The van der Waals surface area contributed by atoms with E-state index < -0.39 is 0 Å². The number of likely N-dealkylation sites (tertiary alicyclic amines) is 1. The smallest absolute Gasteiger partial charge is 0.0971 e. The van der Waals surface area contributed by atoms with E-state index in [1.807, 2.05) is 0 Å². The van der Waals surface area contributed by atoms with E-state index >= 15 is 0 Å². The topological polar surface area (TPSA) is 57.0 Å². The van der Waals surface area contributed by atoms with Gasteiger partial charge < -0.3 is 19.9 Å². The van der Waals surface area contributed by atoms with Crippen LogP contribution in [0.1, 0.15) is 0 Å². The summed E-state index contributed by atoms with van der Waals surface area (Å²) in [6, 6.07) is 0.183. The van der Waals surface area contributed by atoms with Gasteiger partial charge in [0.2, 0.25) is 0 Å². The molecular formula is C11H22N2O3. The fourth-order valence-corrected chi connectivity index (χ4v) is 2.56. The molecule has 0 bridgehead atoms. The molecule has 4 atom stereocenters. The van der Waals surface area contributed by atoms with Gasteiger partial charge in [-0.3, -0.25) is 4.90 Å². The van der Waals surface area contributed by atoms with Crippen molar-refractivity contribution in [2.75, 3.05) is 47.1 Å². The monoisotopic (exact) mass is 230 g/mol. The number of nitrogens with zero attached hydrogens (tertiary/aromatic N) is 1. The number of rotatable bonds is 4. The first-order valence-corrected chi connectivity index (χ1v) is 5.86. The third kappa shape index (κ3) is 2.55. The summed E-state index contributed by atoms with van der Waals surface area (Å²) in [5, 5.41) is 0. The number of hydrogen-bond acceptors (Lipinski definition) is 5. The summed E-state index contributed by atoms with van der Waals surface area (Å²) < 4.78 is 16.2. The molecule has 0 amide bonds. The highest BCUT2D eigenvalue weighted by molar-refractivity contribution is 4.89. The van der Waals surface area contributed by atoms with E-state index in [4.69, 9.17) is 19.9 Å².